The normalized spacial score (nSPS) is 22.3. The number of nitrogens with one attached hydrogen (secondary N) is 2. The van der Waals surface area contributed by atoms with E-state index < -0.39 is 0 Å². The Morgan fingerprint density at radius 1 is 1.19 bits per heavy atom. The lowest BCUT2D eigenvalue weighted by Crippen LogP contribution is -2.46. The number of hydrogen-bond donors (Lipinski definition) is 2. The van der Waals surface area contributed by atoms with Gasteiger partial charge in [0.2, 0.25) is 5.91 Å². The Bertz CT molecular complexity index is 764. The number of fused-ring (bicyclic) bond motifs is 1. The minimum atomic E-state index is 0. The van der Waals surface area contributed by atoms with E-state index in [0.717, 1.165) is 64.4 Å². The minimum absolute atomic E-state index is 0. The average Bonchev–Trinajstić information content (AvgIpc) is 3.52. The Balaban J connectivity index is 0.00000272. The highest BCUT2D eigenvalue weighted by molar-refractivity contribution is 14.0. The third kappa shape index (κ3) is 5.84. The first kappa shape index (κ1) is 24.1. The summed E-state index contributed by atoms with van der Waals surface area (Å²) in [6, 6.07) is 9.35. The maximum Gasteiger partial charge on any atom is 0.225 e. The van der Waals surface area contributed by atoms with Crippen molar-refractivity contribution in [2.75, 3.05) is 37.6 Å². The van der Waals surface area contributed by atoms with E-state index in [-0.39, 0.29) is 35.9 Å². The van der Waals surface area contributed by atoms with E-state index in [4.69, 9.17) is 4.99 Å². The molecule has 4 rings (SSSR count). The van der Waals surface area contributed by atoms with E-state index in [0.29, 0.717) is 11.9 Å². The highest BCUT2D eigenvalue weighted by Gasteiger charge is 2.32. The van der Waals surface area contributed by atoms with E-state index in [2.05, 4.69) is 58.5 Å². The van der Waals surface area contributed by atoms with Crippen molar-refractivity contribution >= 4 is 41.5 Å². The molecule has 172 valence electrons. The molecular formula is C24H38IN5O. The van der Waals surface area contributed by atoms with Crippen molar-refractivity contribution in [1.82, 2.24) is 15.5 Å². The van der Waals surface area contributed by atoms with Crippen LogP contribution in [-0.4, -0.2) is 61.6 Å². The molecule has 0 spiro atoms. The van der Waals surface area contributed by atoms with E-state index >= 15 is 0 Å². The van der Waals surface area contributed by atoms with Crippen molar-refractivity contribution in [1.29, 1.82) is 0 Å². The number of rotatable bonds is 6. The molecule has 1 aromatic carbocycles. The number of aliphatic imine (C=N–C) groups is 1. The Kier molecular flexibility index (Phi) is 8.86. The van der Waals surface area contributed by atoms with Crippen LogP contribution in [-0.2, 0) is 11.2 Å². The first-order valence-electron chi connectivity index (χ1n) is 11.8. The summed E-state index contributed by atoms with van der Waals surface area (Å²) in [6.45, 7) is 8.68. The summed E-state index contributed by atoms with van der Waals surface area (Å²) >= 11 is 0. The fourth-order valence-corrected chi connectivity index (χ4v) is 5.17. The Labute approximate surface area is 204 Å². The number of hydrogen-bond acceptors (Lipinski definition) is 3. The van der Waals surface area contributed by atoms with Crippen molar-refractivity contribution in [3.05, 3.63) is 29.8 Å². The van der Waals surface area contributed by atoms with Crippen molar-refractivity contribution < 1.29 is 4.79 Å². The second-order valence-electron chi connectivity index (χ2n) is 9.04. The molecule has 3 aliphatic rings. The standard InChI is InChI=1S/C24H37N5O.HI/c1-3-25-24(26-16-18(2)29-15-12-19-8-6-7-11-22(19)29)27-21-13-14-28(17-21)23(30)20-9-4-5-10-20;/h6-8,11,18,20-21H,3-5,9-10,12-17H2,1-2H3,(H2,25,26,27);1H. The molecule has 6 nitrogen and oxygen atoms in total. The van der Waals surface area contributed by atoms with Gasteiger partial charge >= 0.3 is 0 Å². The summed E-state index contributed by atoms with van der Waals surface area (Å²) in [6.07, 6.45) is 6.70. The van der Waals surface area contributed by atoms with Crippen LogP contribution in [0.5, 0.6) is 0 Å². The van der Waals surface area contributed by atoms with Crippen LogP contribution in [0, 0.1) is 5.92 Å². The van der Waals surface area contributed by atoms with Gasteiger partial charge in [-0.2, -0.15) is 0 Å². The number of para-hydroxylation sites is 1. The van der Waals surface area contributed by atoms with Gasteiger partial charge in [0.05, 0.1) is 6.54 Å². The van der Waals surface area contributed by atoms with Crippen molar-refractivity contribution in [3.8, 4) is 0 Å². The smallest absolute Gasteiger partial charge is 0.225 e. The van der Waals surface area contributed by atoms with Crippen molar-refractivity contribution in [2.24, 2.45) is 10.9 Å². The second kappa shape index (κ2) is 11.4. The number of guanidine groups is 1. The summed E-state index contributed by atoms with van der Waals surface area (Å²) < 4.78 is 0. The summed E-state index contributed by atoms with van der Waals surface area (Å²) in [5, 5.41) is 6.97. The fourth-order valence-electron chi connectivity index (χ4n) is 5.17. The lowest BCUT2D eigenvalue weighted by atomic mass is 10.1. The Morgan fingerprint density at radius 2 is 1.97 bits per heavy atom. The molecule has 2 N–H and O–H groups in total. The zero-order valence-corrected chi connectivity index (χ0v) is 21.3. The van der Waals surface area contributed by atoms with Crippen LogP contribution in [0.1, 0.15) is 51.5 Å². The number of benzene rings is 1. The number of nitrogens with zero attached hydrogens (tertiary/aromatic N) is 3. The zero-order chi connectivity index (χ0) is 20.9. The molecule has 0 radical (unpaired) electrons. The number of carbonyl (C=O) groups excluding carboxylic acids is 1. The fraction of sp³-hybridized carbons (Fsp3) is 0.667. The number of halogens is 1. The molecule has 2 atom stereocenters. The van der Waals surface area contributed by atoms with Crippen molar-refractivity contribution in [2.45, 2.75) is 64.5 Å². The lowest BCUT2D eigenvalue weighted by molar-refractivity contribution is -0.134. The maximum atomic E-state index is 12.7. The number of anilines is 1. The monoisotopic (exact) mass is 539 g/mol. The van der Waals surface area contributed by atoms with Crippen LogP contribution in [0.4, 0.5) is 5.69 Å². The molecule has 2 heterocycles. The highest BCUT2D eigenvalue weighted by atomic mass is 127. The molecule has 1 aliphatic carbocycles. The predicted octanol–water partition coefficient (Wildman–Crippen LogP) is 3.40. The van der Waals surface area contributed by atoms with Crippen LogP contribution in [0.15, 0.2) is 29.3 Å². The minimum Gasteiger partial charge on any atom is -0.366 e. The molecule has 1 aromatic rings. The lowest BCUT2D eigenvalue weighted by Gasteiger charge is -2.26. The summed E-state index contributed by atoms with van der Waals surface area (Å²) in [5.41, 5.74) is 2.80. The van der Waals surface area contributed by atoms with Crippen LogP contribution >= 0.6 is 24.0 Å². The van der Waals surface area contributed by atoms with Crippen LogP contribution in [0.25, 0.3) is 0 Å². The average molecular weight is 540 g/mol. The Hall–Kier alpha value is -1.51. The van der Waals surface area contributed by atoms with Gasteiger partial charge in [0.15, 0.2) is 5.96 Å². The molecule has 2 unspecified atom stereocenters. The summed E-state index contributed by atoms with van der Waals surface area (Å²) in [7, 11) is 0. The van der Waals surface area contributed by atoms with Crippen molar-refractivity contribution in [3.63, 3.8) is 0 Å². The van der Waals surface area contributed by atoms with Gasteiger partial charge in [-0.1, -0.05) is 31.0 Å². The van der Waals surface area contributed by atoms with Gasteiger partial charge in [0.1, 0.15) is 0 Å². The maximum absolute atomic E-state index is 12.7. The number of carbonyl (C=O) groups is 1. The van der Waals surface area contributed by atoms with Crippen LogP contribution in [0.2, 0.25) is 0 Å². The van der Waals surface area contributed by atoms with Gasteiger partial charge in [-0.05, 0) is 51.2 Å². The topological polar surface area (TPSA) is 60.0 Å². The molecule has 0 bridgehead atoms. The largest absolute Gasteiger partial charge is 0.366 e. The third-order valence-electron chi connectivity index (χ3n) is 6.86. The first-order chi connectivity index (χ1) is 14.7. The van der Waals surface area contributed by atoms with Gasteiger partial charge in [0.25, 0.3) is 0 Å². The molecule has 0 aromatic heterocycles. The second-order valence-corrected chi connectivity index (χ2v) is 9.04. The molecular weight excluding hydrogens is 501 g/mol. The number of likely N-dealkylation sites (tertiary alicyclic amines) is 1. The summed E-state index contributed by atoms with van der Waals surface area (Å²) in [5.74, 6) is 1.52. The third-order valence-corrected chi connectivity index (χ3v) is 6.86. The van der Waals surface area contributed by atoms with Crippen LogP contribution in [0.3, 0.4) is 0 Å². The molecule has 1 saturated carbocycles. The van der Waals surface area contributed by atoms with E-state index in [1.54, 1.807) is 0 Å². The van der Waals surface area contributed by atoms with Gasteiger partial charge in [0, 0.05) is 49.9 Å². The molecule has 2 aliphatic heterocycles. The summed E-state index contributed by atoms with van der Waals surface area (Å²) in [4.78, 5) is 22.1. The predicted molar refractivity (Wildman–Crippen MR) is 138 cm³/mol. The molecule has 1 amide bonds. The van der Waals surface area contributed by atoms with E-state index in [1.807, 2.05) is 0 Å². The number of amides is 1. The molecule has 7 heteroatoms. The van der Waals surface area contributed by atoms with E-state index in [1.165, 1.54) is 24.1 Å². The zero-order valence-electron chi connectivity index (χ0n) is 19.0. The van der Waals surface area contributed by atoms with Gasteiger partial charge < -0.3 is 20.4 Å². The molecule has 31 heavy (non-hydrogen) atoms. The van der Waals surface area contributed by atoms with E-state index in [9.17, 15) is 4.79 Å². The first-order valence-corrected chi connectivity index (χ1v) is 11.8. The SMILES string of the molecule is CCNC(=NCC(C)N1CCc2ccccc21)NC1CCN(C(=O)C2CCCC2)C1.I. The van der Waals surface area contributed by atoms with Gasteiger partial charge in [-0.25, -0.2) is 0 Å². The Morgan fingerprint density at radius 3 is 2.74 bits per heavy atom. The van der Waals surface area contributed by atoms with Gasteiger partial charge in [-0.15, -0.1) is 24.0 Å². The quantitative estimate of drug-likeness (QED) is 0.331. The van der Waals surface area contributed by atoms with Crippen LogP contribution < -0.4 is 15.5 Å². The molecule has 1 saturated heterocycles. The highest BCUT2D eigenvalue weighted by Crippen LogP contribution is 2.29. The van der Waals surface area contributed by atoms with Gasteiger partial charge in [-0.3, -0.25) is 9.79 Å². The molecule has 2 fully saturated rings.